The molecule has 0 aliphatic heterocycles. The van der Waals surface area contributed by atoms with Crippen LogP contribution in [0.3, 0.4) is 0 Å². The second-order valence-electron chi connectivity index (χ2n) is 4.06. The number of ether oxygens (including phenoxy) is 1. The van der Waals surface area contributed by atoms with Crippen LogP contribution in [0.4, 0.5) is 4.39 Å². The van der Waals surface area contributed by atoms with Gasteiger partial charge in [0, 0.05) is 11.8 Å². The fourth-order valence-electron chi connectivity index (χ4n) is 1.70. The maximum atomic E-state index is 13.9. The molecule has 1 heterocycles. The van der Waals surface area contributed by atoms with Crippen molar-refractivity contribution in [3.63, 3.8) is 0 Å². The minimum Gasteiger partial charge on any atom is -0.435 e. The Morgan fingerprint density at radius 2 is 2.10 bits per heavy atom. The van der Waals surface area contributed by atoms with Crippen molar-refractivity contribution in [3.05, 3.63) is 53.0 Å². The zero-order valence-corrected chi connectivity index (χ0v) is 10.7. The molecule has 0 amide bonds. The summed E-state index contributed by atoms with van der Waals surface area (Å²) in [4.78, 5) is 25.7. The summed E-state index contributed by atoms with van der Waals surface area (Å²) >= 11 is 0. The van der Waals surface area contributed by atoms with E-state index in [2.05, 4.69) is 4.98 Å². The van der Waals surface area contributed by atoms with Gasteiger partial charge in [-0.1, -0.05) is 6.07 Å². The highest BCUT2D eigenvalue weighted by atomic mass is 19.1. The maximum Gasteiger partial charge on any atom is 0.230 e. The Kier molecular flexibility index (Phi) is 4.36. The van der Waals surface area contributed by atoms with Crippen molar-refractivity contribution in [1.82, 2.24) is 4.98 Å². The third-order valence-electron chi connectivity index (χ3n) is 2.72. The Bertz CT molecular complexity index is 738. The van der Waals surface area contributed by atoms with Crippen molar-refractivity contribution >= 4 is 12.6 Å². The van der Waals surface area contributed by atoms with Crippen molar-refractivity contribution in [2.75, 3.05) is 0 Å². The highest BCUT2D eigenvalue weighted by Crippen LogP contribution is 2.26. The predicted molar refractivity (Wildman–Crippen MR) is 70.8 cm³/mol. The van der Waals surface area contributed by atoms with E-state index in [-0.39, 0.29) is 29.2 Å². The van der Waals surface area contributed by atoms with E-state index in [1.165, 1.54) is 30.5 Å². The normalized spacial score (nSPS) is 9.71. The molecule has 0 spiro atoms. The van der Waals surface area contributed by atoms with Gasteiger partial charge >= 0.3 is 0 Å². The highest BCUT2D eigenvalue weighted by molar-refractivity contribution is 5.92. The van der Waals surface area contributed by atoms with Gasteiger partial charge in [-0.15, -0.1) is 0 Å². The number of carbonyl (C=O) groups excluding carboxylic acids is 2. The van der Waals surface area contributed by atoms with Gasteiger partial charge in [0.25, 0.3) is 0 Å². The fourth-order valence-corrected chi connectivity index (χ4v) is 1.70. The zero-order chi connectivity index (χ0) is 15.2. The van der Waals surface area contributed by atoms with Crippen LogP contribution in [0.2, 0.25) is 0 Å². The lowest BCUT2D eigenvalue weighted by Gasteiger charge is -2.09. The van der Waals surface area contributed by atoms with Crippen molar-refractivity contribution in [2.24, 2.45) is 0 Å². The summed E-state index contributed by atoms with van der Waals surface area (Å²) in [7, 11) is 0. The lowest BCUT2D eigenvalue weighted by molar-refractivity contribution is 0.109. The number of aldehydes is 2. The number of pyridine rings is 1. The van der Waals surface area contributed by atoms with Crippen LogP contribution in [-0.4, -0.2) is 17.6 Å². The number of aromatic nitrogens is 1. The molecule has 0 aliphatic rings. The molecule has 1 aromatic heterocycles. The SMILES string of the molecule is N#CCc1ccc(Oc2nccc(C=O)c2C=O)c(F)c1. The number of nitrogens with zero attached hydrogens (tertiary/aromatic N) is 2. The van der Waals surface area contributed by atoms with Crippen molar-refractivity contribution < 1.29 is 18.7 Å². The summed E-state index contributed by atoms with van der Waals surface area (Å²) in [5.74, 6) is -0.977. The van der Waals surface area contributed by atoms with Crippen LogP contribution in [-0.2, 0) is 6.42 Å². The average Bonchev–Trinajstić information content (AvgIpc) is 2.50. The van der Waals surface area contributed by atoms with E-state index in [0.717, 1.165) is 0 Å². The number of carbonyl (C=O) groups is 2. The summed E-state index contributed by atoms with van der Waals surface area (Å²) in [6, 6.07) is 7.31. The van der Waals surface area contributed by atoms with Gasteiger partial charge < -0.3 is 4.74 Å². The van der Waals surface area contributed by atoms with Crippen LogP contribution in [0.1, 0.15) is 26.3 Å². The van der Waals surface area contributed by atoms with Crippen LogP contribution < -0.4 is 4.74 Å². The standard InChI is InChI=1S/C15H9FN2O3/c16-13-7-10(3-5-17)1-2-14(13)21-15-12(9-20)11(8-19)4-6-18-15/h1-2,4,6-9H,3H2. The van der Waals surface area contributed by atoms with E-state index in [9.17, 15) is 14.0 Å². The molecule has 0 radical (unpaired) electrons. The molecular formula is C15H9FN2O3. The summed E-state index contributed by atoms with van der Waals surface area (Å²) in [5, 5.41) is 8.56. The second-order valence-corrected chi connectivity index (χ2v) is 4.06. The molecule has 0 saturated carbocycles. The number of rotatable bonds is 5. The predicted octanol–water partition coefficient (Wildman–Crippen LogP) is 2.70. The molecule has 6 heteroatoms. The van der Waals surface area contributed by atoms with Crippen LogP contribution in [0, 0.1) is 17.1 Å². The smallest absolute Gasteiger partial charge is 0.230 e. The number of nitriles is 1. The molecule has 0 bridgehead atoms. The summed E-state index contributed by atoms with van der Waals surface area (Å²) in [5.41, 5.74) is 0.567. The molecule has 0 N–H and O–H groups in total. The van der Waals surface area contributed by atoms with E-state index in [4.69, 9.17) is 10.00 Å². The molecule has 0 aliphatic carbocycles. The van der Waals surface area contributed by atoms with Crippen molar-refractivity contribution in [3.8, 4) is 17.7 Å². The Balaban J connectivity index is 2.37. The Morgan fingerprint density at radius 1 is 1.29 bits per heavy atom. The molecule has 1 aromatic carbocycles. The van der Waals surface area contributed by atoms with Crippen LogP contribution in [0.25, 0.3) is 0 Å². The van der Waals surface area contributed by atoms with Gasteiger partial charge in [0.15, 0.2) is 24.1 Å². The maximum absolute atomic E-state index is 13.9. The Hall–Kier alpha value is -3.07. The monoisotopic (exact) mass is 284 g/mol. The molecule has 0 unspecified atom stereocenters. The van der Waals surface area contributed by atoms with Gasteiger partial charge in [-0.25, -0.2) is 9.37 Å². The van der Waals surface area contributed by atoms with Crippen LogP contribution in [0.5, 0.6) is 11.6 Å². The number of halogens is 1. The van der Waals surface area contributed by atoms with Gasteiger partial charge in [-0.2, -0.15) is 5.26 Å². The third-order valence-corrected chi connectivity index (χ3v) is 2.72. The van der Waals surface area contributed by atoms with Gasteiger partial charge in [0.2, 0.25) is 5.88 Å². The minimum atomic E-state index is -0.682. The van der Waals surface area contributed by atoms with Gasteiger partial charge in [-0.3, -0.25) is 9.59 Å². The molecule has 2 rings (SSSR count). The zero-order valence-electron chi connectivity index (χ0n) is 10.7. The minimum absolute atomic E-state index is 0.0481. The fraction of sp³-hybridized carbons (Fsp3) is 0.0667. The molecule has 0 atom stereocenters. The quantitative estimate of drug-likeness (QED) is 0.788. The average molecular weight is 284 g/mol. The number of hydrogen-bond donors (Lipinski definition) is 0. The highest BCUT2D eigenvalue weighted by Gasteiger charge is 2.13. The van der Waals surface area contributed by atoms with E-state index in [1.807, 2.05) is 6.07 Å². The first-order valence-electron chi connectivity index (χ1n) is 5.92. The molecule has 104 valence electrons. The lowest BCUT2D eigenvalue weighted by atomic mass is 10.1. The van der Waals surface area contributed by atoms with Gasteiger partial charge in [0.05, 0.1) is 18.1 Å². The molecular weight excluding hydrogens is 275 g/mol. The summed E-state index contributed by atoms with van der Waals surface area (Å²) in [6.07, 6.45) is 2.28. The second kappa shape index (κ2) is 6.39. The van der Waals surface area contributed by atoms with Crippen molar-refractivity contribution in [2.45, 2.75) is 6.42 Å². The molecule has 0 fully saturated rings. The molecule has 2 aromatic rings. The first-order valence-corrected chi connectivity index (χ1v) is 5.92. The largest absolute Gasteiger partial charge is 0.435 e. The van der Waals surface area contributed by atoms with E-state index in [1.54, 1.807) is 0 Å². The molecule has 5 nitrogen and oxygen atoms in total. The first-order chi connectivity index (χ1) is 10.2. The lowest BCUT2D eigenvalue weighted by Crippen LogP contribution is -2.00. The topological polar surface area (TPSA) is 80.0 Å². The summed E-state index contributed by atoms with van der Waals surface area (Å²) in [6.45, 7) is 0. The Labute approximate surface area is 119 Å². The van der Waals surface area contributed by atoms with Crippen LogP contribution in [0.15, 0.2) is 30.5 Å². The van der Waals surface area contributed by atoms with E-state index in [0.29, 0.717) is 18.1 Å². The van der Waals surface area contributed by atoms with Gasteiger partial charge in [0.1, 0.15) is 0 Å². The number of hydrogen-bond acceptors (Lipinski definition) is 5. The number of benzene rings is 1. The van der Waals surface area contributed by atoms with E-state index >= 15 is 0 Å². The summed E-state index contributed by atoms with van der Waals surface area (Å²) < 4.78 is 19.1. The van der Waals surface area contributed by atoms with Crippen LogP contribution >= 0.6 is 0 Å². The molecule has 0 saturated heterocycles. The van der Waals surface area contributed by atoms with Gasteiger partial charge in [-0.05, 0) is 23.8 Å². The Morgan fingerprint density at radius 3 is 2.71 bits per heavy atom. The molecule has 21 heavy (non-hydrogen) atoms. The first kappa shape index (κ1) is 14.3. The van der Waals surface area contributed by atoms with Crippen molar-refractivity contribution in [1.29, 1.82) is 5.26 Å². The van der Waals surface area contributed by atoms with E-state index < -0.39 is 5.82 Å². The third kappa shape index (κ3) is 3.09.